The number of hydrogen-bond donors (Lipinski definition) is 1. The molecule has 1 atom stereocenters. The number of fused-ring (bicyclic) bond motifs is 1. The van der Waals surface area contributed by atoms with E-state index < -0.39 is 16.1 Å². The highest BCUT2D eigenvalue weighted by molar-refractivity contribution is 7.93. The van der Waals surface area contributed by atoms with Crippen LogP contribution in [0.4, 0.5) is 11.4 Å². The number of amides is 1. The van der Waals surface area contributed by atoms with Gasteiger partial charge < -0.3 is 9.88 Å². The summed E-state index contributed by atoms with van der Waals surface area (Å²) in [6, 6.07) is 14.3. The van der Waals surface area contributed by atoms with Crippen molar-refractivity contribution < 1.29 is 13.2 Å². The maximum absolute atomic E-state index is 12.9. The third-order valence-electron chi connectivity index (χ3n) is 5.27. The standard InChI is InChI=1S/C21H24N4O3S/c1-3-20-23-18-7-4-5-8-19(18)25(20)15(2)21(26)22-16-9-11-17(12-10-16)24-13-6-14-29(24,27)28/h4-5,7-12,15H,3,6,13-14H2,1-2H3,(H,22,26)/t15-/m0/s1. The average Bonchev–Trinajstić information content (AvgIpc) is 3.27. The van der Waals surface area contributed by atoms with Crippen LogP contribution in [-0.4, -0.2) is 36.2 Å². The van der Waals surface area contributed by atoms with Gasteiger partial charge in [0.1, 0.15) is 11.9 Å². The summed E-state index contributed by atoms with van der Waals surface area (Å²) in [6.45, 7) is 4.37. The number of aromatic nitrogens is 2. The van der Waals surface area contributed by atoms with E-state index >= 15 is 0 Å². The number of sulfonamides is 1. The minimum atomic E-state index is -3.21. The van der Waals surface area contributed by atoms with Crippen LogP contribution in [-0.2, 0) is 21.2 Å². The highest BCUT2D eigenvalue weighted by Gasteiger charge is 2.28. The van der Waals surface area contributed by atoms with Gasteiger partial charge in [-0.1, -0.05) is 19.1 Å². The molecule has 0 unspecified atom stereocenters. The lowest BCUT2D eigenvalue weighted by Crippen LogP contribution is -2.26. The van der Waals surface area contributed by atoms with Crippen molar-refractivity contribution in [3.63, 3.8) is 0 Å². The molecule has 1 amide bonds. The van der Waals surface area contributed by atoms with E-state index in [1.165, 1.54) is 4.31 Å². The summed E-state index contributed by atoms with van der Waals surface area (Å²) < 4.78 is 27.5. The van der Waals surface area contributed by atoms with Crippen LogP contribution in [0.1, 0.15) is 32.1 Å². The van der Waals surface area contributed by atoms with Gasteiger partial charge in [-0.25, -0.2) is 13.4 Å². The van der Waals surface area contributed by atoms with Gasteiger partial charge in [0.25, 0.3) is 0 Å². The highest BCUT2D eigenvalue weighted by Crippen LogP contribution is 2.26. The van der Waals surface area contributed by atoms with Gasteiger partial charge in [0.05, 0.1) is 22.5 Å². The summed E-state index contributed by atoms with van der Waals surface area (Å²) >= 11 is 0. The molecule has 0 saturated carbocycles. The minimum Gasteiger partial charge on any atom is -0.324 e. The SMILES string of the molecule is CCc1nc2ccccc2n1[C@@H](C)C(=O)Nc1ccc(N2CCCS2(=O)=O)cc1. The molecule has 0 bridgehead atoms. The number of rotatable bonds is 5. The molecule has 1 N–H and O–H groups in total. The number of imidazole rings is 1. The number of benzene rings is 2. The van der Waals surface area contributed by atoms with Crippen molar-refractivity contribution in [1.82, 2.24) is 9.55 Å². The van der Waals surface area contributed by atoms with Gasteiger partial charge in [-0.2, -0.15) is 0 Å². The van der Waals surface area contributed by atoms with Crippen molar-refractivity contribution in [3.05, 3.63) is 54.4 Å². The van der Waals surface area contributed by atoms with Gasteiger partial charge in [0, 0.05) is 18.7 Å². The van der Waals surface area contributed by atoms with E-state index in [0.29, 0.717) is 24.3 Å². The second-order valence-corrected chi connectivity index (χ2v) is 9.21. The van der Waals surface area contributed by atoms with Crippen molar-refractivity contribution in [2.75, 3.05) is 21.9 Å². The third kappa shape index (κ3) is 3.60. The number of hydrogen-bond acceptors (Lipinski definition) is 4. The predicted molar refractivity (Wildman–Crippen MR) is 115 cm³/mol. The first-order chi connectivity index (χ1) is 13.9. The molecule has 2 aromatic carbocycles. The second-order valence-electron chi connectivity index (χ2n) is 7.19. The van der Waals surface area contributed by atoms with Gasteiger partial charge in [-0.05, 0) is 49.7 Å². The fourth-order valence-corrected chi connectivity index (χ4v) is 5.34. The third-order valence-corrected chi connectivity index (χ3v) is 7.14. The Morgan fingerprint density at radius 3 is 2.55 bits per heavy atom. The Bertz CT molecular complexity index is 1150. The van der Waals surface area contributed by atoms with E-state index in [-0.39, 0.29) is 11.7 Å². The topological polar surface area (TPSA) is 84.3 Å². The van der Waals surface area contributed by atoms with Crippen LogP contribution in [0.2, 0.25) is 0 Å². The second kappa shape index (κ2) is 7.51. The van der Waals surface area contributed by atoms with Crippen LogP contribution in [0.5, 0.6) is 0 Å². The number of anilines is 2. The van der Waals surface area contributed by atoms with E-state index in [0.717, 1.165) is 23.3 Å². The van der Waals surface area contributed by atoms with Crippen molar-refractivity contribution in [2.24, 2.45) is 0 Å². The van der Waals surface area contributed by atoms with Gasteiger partial charge in [-0.3, -0.25) is 9.10 Å². The number of para-hydroxylation sites is 2. The lowest BCUT2D eigenvalue weighted by molar-refractivity contribution is -0.118. The Morgan fingerprint density at radius 1 is 1.17 bits per heavy atom. The lowest BCUT2D eigenvalue weighted by atomic mass is 10.2. The quantitative estimate of drug-likeness (QED) is 0.697. The lowest BCUT2D eigenvalue weighted by Gasteiger charge is -2.19. The van der Waals surface area contributed by atoms with E-state index in [1.54, 1.807) is 24.3 Å². The van der Waals surface area contributed by atoms with Crippen LogP contribution in [0.25, 0.3) is 11.0 Å². The van der Waals surface area contributed by atoms with E-state index in [4.69, 9.17) is 0 Å². The molecule has 1 aromatic heterocycles. The molecule has 1 aliphatic rings. The molecule has 0 spiro atoms. The highest BCUT2D eigenvalue weighted by atomic mass is 32.2. The van der Waals surface area contributed by atoms with Crippen LogP contribution < -0.4 is 9.62 Å². The maximum Gasteiger partial charge on any atom is 0.247 e. The molecule has 1 aliphatic heterocycles. The summed E-state index contributed by atoms with van der Waals surface area (Å²) in [5.41, 5.74) is 3.06. The number of nitrogens with zero attached hydrogens (tertiary/aromatic N) is 3. The monoisotopic (exact) mass is 412 g/mol. The van der Waals surface area contributed by atoms with Gasteiger partial charge in [0.15, 0.2) is 0 Å². The first-order valence-corrected chi connectivity index (χ1v) is 11.4. The molecular weight excluding hydrogens is 388 g/mol. The van der Waals surface area contributed by atoms with Gasteiger partial charge >= 0.3 is 0 Å². The smallest absolute Gasteiger partial charge is 0.247 e. The molecular formula is C21H24N4O3S. The summed E-state index contributed by atoms with van der Waals surface area (Å²) in [6.07, 6.45) is 1.36. The average molecular weight is 413 g/mol. The largest absolute Gasteiger partial charge is 0.324 e. The van der Waals surface area contributed by atoms with Crippen molar-refractivity contribution in [2.45, 2.75) is 32.7 Å². The van der Waals surface area contributed by atoms with E-state index in [9.17, 15) is 13.2 Å². The molecule has 152 valence electrons. The normalized spacial score (nSPS) is 16.8. The molecule has 0 radical (unpaired) electrons. The first kappa shape index (κ1) is 19.4. The van der Waals surface area contributed by atoms with Crippen LogP contribution in [0.3, 0.4) is 0 Å². The van der Waals surface area contributed by atoms with Crippen LogP contribution in [0.15, 0.2) is 48.5 Å². The van der Waals surface area contributed by atoms with Crippen LogP contribution in [0, 0.1) is 0 Å². The zero-order chi connectivity index (χ0) is 20.6. The van der Waals surface area contributed by atoms with Crippen LogP contribution >= 0.6 is 0 Å². The Balaban J connectivity index is 1.54. The predicted octanol–water partition coefficient (Wildman–Crippen LogP) is 3.34. The molecule has 29 heavy (non-hydrogen) atoms. The number of carbonyl (C=O) groups is 1. The Kier molecular flexibility index (Phi) is 5.04. The Labute approximate surface area is 170 Å². The minimum absolute atomic E-state index is 0.149. The fraction of sp³-hybridized carbons (Fsp3) is 0.333. The number of nitrogens with one attached hydrogen (secondary N) is 1. The number of aryl methyl sites for hydroxylation is 1. The molecule has 0 aliphatic carbocycles. The first-order valence-electron chi connectivity index (χ1n) is 9.78. The summed E-state index contributed by atoms with van der Waals surface area (Å²) in [5, 5.41) is 2.93. The molecule has 8 heteroatoms. The summed E-state index contributed by atoms with van der Waals surface area (Å²) in [5.74, 6) is 0.898. The van der Waals surface area contributed by atoms with Gasteiger partial charge in [0.2, 0.25) is 15.9 Å². The van der Waals surface area contributed by atoms with E-state index in [2.05, 4.69) is 10.3 Å². The van der Waals surface area contributed by atoms with Crippen molar-refractivity contribution in [1.29, 1.82) is 0 Å². The summed E-state index contributed by atoms with van der Waals surface area (Å²) in [7, 11) is -3.21. The molecule has 7 nitrogen and oxygen atoms in total. The van der Waals surface area contributed by atoms with E-state index in [1.807, 2.05) is 42.7 Å². The maximum atomic E-state index is 12.9. The van der Waals surface area contributed by atoms with Crippen molar-refractivity contribution in [3.8, 4) is 0 Å². The molecule has 1 fully saturated rings. The fourth-order valence-electron chi connectivity index (χ4n) is 3.78. The zero-order valence-electron chi connectivity index (χ0n) is 16.5. The Morgan fingerprint density at radius 2 is 1.90 bits per heavy atom. The Hall–Kier alpha value is -2.87. The molecule has 4 rings (SSSR count). The number of carbonyl (C=O) groups excluding carboxylic acids is 1. The molecule has 1 saturated heterocycles. The van der Waals surface area contributed by atoms with Crippen molar-refractivity contribution >= 4 is 38.3 Å². The zero-order valence-corrected chi connectivity index (χ0v) is 17.3. The summed E-state index contributed by atoms with van der Waals surface area (Å²) in [4.78, 5) is 17.5. The molecule has 2 heterocycles. The van der Waals surface area contributed by atoms with Gasteiger partial charge in [-0.15, -0.1) is 0 Å². The molecule has 3 aromatic rings.